The average Bonchev–Trinajstić information content (AvgIpc) is 3.79. The van der Waals surface area contributed by atoms with Crippen molar-refractivity contribution in [2.75, 3.05) is 0 Å². The number of carbonyl (C=O) groups is 2. The van der Waals surface area contributed by atoms with Gasteiger partial charge in [-0.2, -0.15) is 5.21 Å². The Morgan fingerprint density at radius 2 is 1.80 bits per heavy atom. The molecule has 2 aromatic carbocycles. The molecule has 244 valence electrons. The molecule has 10 heteroatoms. The topological polar surface area (TPSA) is 116 Å². The monoisotopic (exact) mass is 643 g/mol. The van der Waals surface area contributed by atoms with Crippen LogP contribution < -0.4 is 5.32 Å². The Kier molecular flexibility index (Phi) is 9.33. The van der Waals surface area contributed by atoms with Gasteiger partial charge in [0.1, 0.15) is 11.4 Å². The number of aromatic nitrogens is 4. The van der Waals surface area contributed by atoms with E-state index in [1.54, 1.807) is 0 Å². The van der Waals surface area contributed by atoms with Crippen LogP contribution >= 0.6 is 11.6 Å². The van der Waals surface area contributed by atoms with Crippen LogP contribution in [0.5, 0.6) is 0 Å². The van der Waals surface area contributed by atoms with Crippen molar-refractivity contribution in [3.8, 4) is 0 Å². The van der Waals surface area contributed by atoms with E-state index in [0.29, 0.717) is 34.0 Å². The maximum Gasteiger partial charge on any atom is 0.275 e. The van der Waals surface area contributed by atoms with E-state index in [9.17, 15) is 9.59 Å². The highest BCUT2D eigenvalue weighted by Gasteiger charge is 2.52. The van der Waals surface area contributed by atoms with Crippen molar-refractivity contribution in [1.82, 2.24) is 30.8 Å². The third-order valence-electron chi connectivity index (χ3n) is 10.5. The molecule has 3 aromatic rings. The van der Waals surface area contributed by atoms with Crippen molar-refractivity contribution in [2.24, 2.45) is 22.2 Å². The van der Waals surface area contributed by atoms with Gasteiger partial charge in [0, 0.05) is 16.1 Å². The molecule has 0 bridgehead atoms. The molecule has 3 aliphatic rings. The van der Waals surface area contributed by atoms with Crippen molar-refractivity contribution >= 4 is 29.1 Å². The molecule has 2 saturated carbocycles. The van der Waals surface area contributed by atoms with E-state index in [1.807, 2.05) is 49.4 Å². The van der Waals surface area contributed by atoms with Gasteiger partial charge in [0.2, 0.25) is 0 Å². The number of carbonyl (C=O) groups excluding carboxylic acids is 2. The molecule has 1 spiro atoms. The molecule has 2 fully saturated rings. The second-order valence-electron chi connectivity index (χ2n) is 14.7. The summed E-state index contributed by atoms with van der Waals surface area (Å²) in [5, 5.41) is 17.2. The highest BCUT2D eigenvalue weighted by molar-refractivity contribution is 6.47. The summed E-state index contributed by atoms with van der Waals surface area (Å²) in [6, 6.07) is 13.4. The van der Waals surface area contributed by atoms with Crippen LogP contribution in [-0.4, -0.2) is 48.7 Å². The number of aliphatic imine (C=N–C) groups is 1. The van der Waals surface area contributed by atoms with Crippen molar-refractivity contribution < 1.29 is 9.59 Å². The first-order valence-corrected chi connectivity index (χ1v) is 17.2. The minimum Gasteiger partial charge on any atom is -0.345 e. The Morgan fingerprint density at radius 3 is 2.43 bits per heavy atom. The Bertz CT molecular complexity index is 1540. The predicted octanol–water partition coefficient (Wildman–Crippen LogP) is 7.37. The second kappa shape index (κ2) is 13.3. The summed E-state index contributed by atoms with van der Waals surface area (Å²) >= 11 is 6.51. The fourth-order valence-corrected chi connectivity index (χ4v) is 8.21. The van der Waals surface area contributed by atoms with E-state index >= 15 is 0 Å². The minimum atomic E-state index is -0.606. The quantitative estimate of drug-likeness (QED) is 0.253. The number of H-pyrrole nitrogens is 1. The Hall–Kier alpha value is -3.59. The highest BCUT2D eigenvalue weighted by Crippen LogP contribution is 2.50. The van der Waals surface area contributed by atoms with Crippen LogP contribution in [0.1, 0.15) is 124 Å². The van der Waals surface area contributed by atoms with Crippen molar-refractivity contribution in [3.63, 3.8) is 0 Å². The van der Waals surface area contributed by atoms with Crippen LogP contribution in [0.3, 0.4) is 0 Å². The Balaban J connectivity index is 1.34. The van der Waals surface area contributed by atoms with Crippen molar-refractivity contribution in [3.05, 3.63) is 75.6 Å². The summed E-state index contributed by atoms with van der Waals surface area (Å²) in [7, 11) is 0. The average molecular weight is 644 g/mol. The van der Waals surface area contributed by atoms with Gasteiger partial charge in [0.05, 0.1) is 12.6 Å². The number of nitrogens with one attached hydrogen (secondary N) is 2. The van der Waals surface area contributed by atoms with E-state index < -0.39 is 5.66 Å². The molecule has 46 heavy (non-hydrogen) atoms. The van der Waals surface area contributed by atoms with Crippen LogP contribution in [0.15, 0.2) is 47.5 Å². The second-order valence-corrected chi connectivity index (χ2v) is 15.1. The zero-order valence-corrected chi connectivity index (χ0v) is 28.2. The largest absolute Gasteiger partial charge is 0.345 e. The highest BCUT2D eigenvalue weighted by atomic mass is 35.5. The van der Waals surface area contributed by atoms with Crippen molar-refractivity contribution in [2.45, 2.75) is 110 Å². The molecule has 1 aromatic heterocycles. The lowest BCUT2D eigenvalue weighted by atomic mass is 9.69. The van der Waals surface area contributed by atoms with Gasteiger partial charge in [-0.3, -0.25) is 14.6 Å². The molecule has 2 aliphatic carbocycles. The number of rotatable bonds is 9. The molecule has 1 atom stereocenters. The molecule has 2 N–H and O–H groups in total. The van der Waals surface area contributed by atoms with Crippen molar-refractivity contribution in [1.29, 1.82) is 0 Å². The number of hydrogen-bond acceptors (Lipinski definition) is 6. The summed E-state index contributed by atoms with van der Waals surface area (Å²) in [5.74, 6) is 1.44. The minimum absolute atomic E-state index is 0.0192. The van der Waals surface area contributed by atoms with Gasteiger partial charge in [-0.05, 0) is 104 Å². The molecule has 2 amide bonds. The van der Waals surface area contributed by atoms with Gasteiger partial charge in [0.25, 0.3) is 11.8 Å². The molecular formula is C36H46ClN7O2. The summed E-state index contributed by atoms with van der Waals surface area (Å²) in [6.07, 6.45) is 10.7. The summed E-state index contributed by atoms with van der Waals surface area (Å²) in [4.78, 5) is 35.2. The van der Waals surface area contributed by atoms with Crippen LogP contribution in [0.25, 0.3) is 0 Å². The lowest BCUT2D eigenvalue weighted by molar-refractivity contribution is -0.133. The molecule has 0 saturated heterocycles. The number of halogens is 1. The maximum absolute atomic E-state index is 14.7. The van der Waals surface area contributed by atoms with Crippen LogP contribution in [0, 0.1) is 24.2 Å². The van der Waals surface area contributed by atoms with Crippen LogP contribution in [0.2, 0.25) is 5.02 Å². The molecule has 0 radical (unpaired) electrons. The molecule has 9 nitrogen and oxygen atoms in total. The normalized spacial score (nSPS) is 22.8. The number of aromatic amines is 1. The summed E-state index contributed by atoms with van der Waals surface area (Å²) < 4.78 is 0. The fourth-order valence-electron chi connectivity index (χ4n) is 7.92. The number of amides is 2. The van der Waals surface area contributed by atoms with E-state index in [-0.39, 0.29) is 29.8 Å². The lowest BCUT2D eigenvalue weighted by Gasteiger charge is -2.47. The number of tetrazole rings is 1. The third kappa shape index (κ3) is 6.89. The first kappa shape index (κ1) is 32.4. The molecule has 2 heterocycles. The van der Waals surface area contributed by atoms with Crippen LogP contribution in [0.4, 0.5) is 0 Å². The first-order valence-electron chi connectivity index (χ1n) is 16.8. The number of hydrogen-bond donors (Lipinski definition) is 2. The van der Waals surface area contributed by atoms with Gasteiger partial charge < -0.3 is 10.2 Å². The Labute approximate surface area is 277 Å². The smallest absolute Gasteiger partial charge is 0.275 e. The summed E-state index contributed by atoms with van der Waals surface area (Å²) in [5.41, 5.74) is 3.49. The molecule has 6 rings (SSSR count). The van der Waals surface area contributed by atoms with E-state index in [4.69, 9.17) is 16.6 Å². The van der Waals surface area contributed by atoms with Gasteiger partial charge in [-0.15, -0.1) is 10.2 Å². The maximum atomic E-state index is 14.7. The first-order chi connectivity index (χ1) is 22.0. The SMILES string of the molecule is Cc1cc(Cl)cc(C2=NC3(CCC(C(C)(C)C)CC3)N([C@H](CCC3CCCC3)c3ccc(C(=O)NCc4nn[nH]n4)cc3)C2=O)c1. The van der Waals surface area contributed by atoms with Gasteiger partial charge in [-0.1, -0.05) is 75.4 Å². The predicted molar refractivity (Wildman–Crippen MR) is 179 cm³/mol. The standard InChI is InChI=1S/C36H46ClN7O2/c1-23-19-27(21-29(37)20-23)32-34(46)44(36(39-32)17-15-28(16-18-36)35(2,3)4)30(14-9-24-7-5-6-8-24)25-10-12-26(13-11-25)33(45)38-22-31-40-42-43-41-31/h10-13,19-21,24,28,30H,5-9,14-18,22H2,1-4H3,(H,38,45)(H,40,41,42,43)/t28?,30-,36?/m1/s1. The van der Waals surface area contributed by atoms with Gasteiger partial charge >= 0.3 is 0 Å². The zero-order chi connectivity index (χ0) is 32.5. The summed E-state index contributed by atoms with van der Waals surface area (Å²) in [6.45, 7) is 9.15. The lowest BCUT2D eigenvalue weighted by Crippen LogP contribution is -2.51. The van der Waals surface area contributed by atoms with E-state index in [2.05, 4.69) is 51.6 Å². The zero-order valence-electron chi connectivity index (χ0n) is 27.5. The van der Waals surface area contributed by atoms with Gasteiger partial charge in [0.15, 0.2) is 5.82 Å². The number of nitrogens with zero attached hydrogens (tertiary/aromatic N) is 5. The molecule has 0 unspecified atom stereocenters. The van der Waals surface area contributed by atoms with Gasteiger partial charge in [-0.25, -0.2) is 0 Å². The van der Waals surface area contributed by atoms with E-state index in [1.165, 1.54) is 25.7 Å². The number of benzene rings is 2. The Morgan fingerprint density at radius 1 is 1.09 bits per heavy atom. The number of aryl methyl sites for hydroxylation is 1. The fraction of sp³-hybridized carbons (Fsp3) is 0.556. The van der Waals surface area contributed by atoms with E-state index in [0.717, 1.165) is 55.2 Å². The van der Waals surface area contributed by atoms with Crippen LogP contribution in [-0.2, 0) is 11.3 Å². The molecular weight excluding hydrogens is 598 g/mol. The molecule has 1 aliphatic heterocycles. The third-order valence-corrected chi connectivity index (χ3v) is 10.7.